The van der Waals surface area contributed by atoms with E-state index < -0.39 is 15.9 Å². The van der Waals surface area contributed by atoms with Crippen molar-refractivity contribution >= 4 is 21.6 Å². The molecule has 1 aromatic rings. The number of nitrogens with zero attached hydrogens (tertiary/aromatic N) is 1. The van der Waals surface area contributed by atoms with Crippen molar-refractivity contribution in [2.24, 2.45) is 0 Å². The van der Waals surface area contributed by atoms with Gasteiger partial charge in [0.05, 0.1) is 5.56 Å². The van der Waals surface area contributed by atoms with Crippen molar-refractivity contribution in [2.75, 3.05) is 26.0 Å². The van der Waals surface area contributed by atoms with E-state index in [1.807, 2.05) is 0 Å². The first kappa shape index (κ1) is 13.8. The van der Waals surface area contributed by atoms with Crippen LogP contribution in [0.1, 0.15) is 23.2 Å². The van der Waals surface area contributed by atoms with Crippen molar-refractivity contribution in [3.63, 3.8) is 0 Å². The van der Waals surface area contributed by atoms with Gasteiger partial charge in [0.25, 0.3) is 15.9 Å². The van der Waals surface area contributed by atoms with Gasteiger partial charge in [-0.15, -0.1) is 0 Å². The van der Waals surface area contributed by atoms with Crippen LogP contribution in [0.25, 0.3) is 0 Å². The Bertz CT molecular complexity index is 598. The molecule has 0 aromatic heterocycles. The van der Waals surface area contributed by atoms with Gasteiger partial charge in [-0.3, -0.25) is 4.79 Å². The summed E-state index contributed by atoms with van der Waals surface area (Å²) in [7, 11) is -2.13. The summed E-state index contributed by atoms with van der Waals surface area (Å²) in [4.78, 5) is 12.1. The fourth-order valence-electron chi connectivity index (χ4n) is 2.03. The van der Waals surface area contributed by atoms with Crippen LogP contribution >= 0.6 is 0 Å². The third-order valence-corrected chi connectivity index (χ3v) is 4.83. The Kier molecular flexibility index (Phi) is 3.77. The predicted molar refractivity (Wildman–Crippen MR) is 70.2 cm³/mol. The lowest BCUT2D eigenvalue weighted by Gasteiger charge is -2.14. The van der Waals surface area contributed by atoms with E-state index >= 15 is 0 Å². The Labute approximate surface area is 112 Å². The van der Waals surface area contributed by atoms with E-state index in [-0.39, 0.29) is 17.0 Å². The van der Waals surface area contributed by atoms with E-state index in [0.717, 1.165) is 4.31 Å². The summed E-state index contributed by atoms with van der Waals surface area (Å²) in [6.07, 6.45) is 1.27. The minimum atomic E-state index is -3.71. The normalized spacial score (nSPS) is 16.7. The maximum Gasteiger partial charge on any atom is 0.269 e. The number of unbranched alkanes of at least 4 members (excludes halogenated alkanes) is 1. The van der Waals surface area contributed by atoms with Crippen molar-refractivity contribution in [3.8, 4) is 0 Å². The molecule has 1 heterocycles. The summed E-state index contributed by atoms with van der Waals surface area (Å²) in [5.74, 6) is -0.500. The number of carbonyl (C=O) groups excluding carboxylic acids is 1. The molecule has 1 aliphatic rings. The molecule has 0 unspecified atom stereocenters. The number of nitrogens with two attached hydrogens (primary N) is 1. The summed E-state index contributed by atoms with van der Waals surface area (Å²) in [6, 6.07) is 4.27. The zero-order valence-corrected chi connectivity index (χ0v) is 11.4. The molecule has 0 bridgehead atoms. The standard InChI is InChI=1S/C12H16N2O4S/c1-18-7-3-2-6-14-12(15)10-8-9(13)4-5-11(10)19(14,16)17/h4-5,8H,2-3,6-7,13H2,1H3. The Hall–Kier alpha value is -1.60. The Morgan fingerprint density at radius 2 is 2.05 bits per heavy atom. The molecule has 0 saturated carbocycles. The number of rotatable bonds is 5. The molecular formula is C12H16N2O4S. The molecule has 0 spiro atoms. The number of benzene rings is 1. The topological polar surface area (TPSA) is 89.7 Å². The van der Waals surface area contributed by atoms with Gasteiger partial charge in [-0.2, -0.15) is 0 Å². The summed E-state index contributed by atoms with van der Waals surface area (Å²) in [5.41, 5.74) is 6.12. The Morgan fingerprint density at radius 3 is 2.74 bits per heavy atom. The van der Waals surface area contributed by atoms with E-state index in [4.69, 9.17) is 10.5 Å². The lowest BCUT2D eigenvalue weighted by atomic mass is 10.2. The minimum absolute atomic E-state index is 0.0402. The second-order valence-corrected chi connectivity index (χ2v) is 6.17. The maximum atomic E-state index is 12.2. The number of nitrogen functional groups attached to an aromatic ring is 1. The molecule has 0 aliphatic carbocycles. The van der Waals surface area contributed by atoms with E-state index in [9.17, 15) is 13.2 Å². The predicted octanol–water partition coefficient (Wildman–Crippen LogP) is 0.840. The lowest BCUT2D eigenvalue weighted by Crippen LogP contribution is -2.31. The smallest absolute Gasteiger partial charge is 0.269 e. The number of fused-ring (bicyclic) bond motifs is 1. The van der Waals surface area contributed by atoms with Gasteiger partial charge in [0.15, 0.2) is 0 Å². The van der Waals surface area contributed by atoms with Crippen LogP contribution in [0.4, 0.5) is 5.69 Å². The number of carbonyl (C=O) groups is 1. The van der Waals surface area contributed by atoms with Crippen LogP contribution in [-0.4, -0.2) is 38.9 Å². The maximum absolute atomic E-state index is 12.2. The molecule has 0 saturated heterocycles. The highest BCUT2D eigenvalue weighted by atomic mass is 32.2. The van der Waals surface area contributed by atoms with Crippen molar-refractivity contribution in [1.29, 1.82) is 0 Å². The van der Waals surface area contributed by atoms with Crippen molar-refractivity contribution in [3.05, 3.63) is 23.8 Å². The van der Waals surface area contributed by atoms with Crippen LogP contribution < -0.4 is 5.73 Å². The fourth-order valence-corrected chi connectivity index (χ4v) is 3.61. The molecular weight excluding hydrogens is 268 g/mol. The van der Waals surface area contributed by atoms with E-state index in [1.165, 1.54) is 18.2 Å². The number of anilines is 1. The van der Waals surface area contributed by atoms with Crippen LogP contribution in [0.3, 0.4) is 0 Å². The lowest BCUT2D eigenvalue weighted by molar-refractivity contribution is 0.0866. The number of amides is 1. The average Bonchev–Trinajstić information content (AvgIpc) is 2.54. The van der Waals surface area contributed by atoms with Crippen LogP contribution in [0.5, 0.6) is 0 Å². The highest BCUT2D eigenvalue weighted by Crippen LogP contribution is 2.31. The Morgan fingerprint density at radius 1 is 1.32 bits per heavy atom. The number of hydrogen-bond donors (Lipinski definition) is 1. The molecule has 2 rings (SSSR count). The van der Waals surface area contributed by atoms with Crippen LogP contribution in [0, 0.1) is 0 Å². The first-order chi connectivity index (χ1) is 8.98. The van der Waals surface area contributed by atoms with Gasteiger partial charge in [0.1, 0.15) is 4.90 Å². The third-order valence-electron chi connectivity index (χ3n) is 2.99. The second-order valence-electron chi connectivity index (χ2n) is 4.34. The van der Waals surface area contributed by atoms with Gasteiger partial charge < -0.3 is 10.5 Å². The van der Waals surface area contributed by atoms with Crippen LogP contribution in [-0.2, 0) is 14.8 Å². The first-order valence-corrected chi connectivity index (χ1v) is 7.38. The highest BCUT2D eigenvalue weighted by molar-refractivity contribution is 7.90. The number of sulfonamides is 1. The summed E-state index contributed by atoms with van der Waals surface area (Å²) < 4.78 is 30.2. The van der Waals surface area contributed by atoms with Crippen LogP contribution in [0.15, 0.2) is 23.1 Å². The summed E-state index contributed by atoms with van der Waals surface area (Å²) >= 11 is 0. The zero-order valence-electron chi connectivity index (χ0n) is 10.6. The van der Waals surface area contributed by atoms with E-state index in [2.05, 4.69) is 0 Å². The Balaban J connectivity index is 2.23. The van der Waals surface area contributed by atoms with Gasteiger partial charge in [-0.25, -0.2) is 12.7 Å². The molecule has 7 heteroatoms. The molecule has 1 aliphatic heterocycles. The highest BCUT2D eigenvalue weighted by Gasteiger charge is 2.40. The number of ether oxygens (including phenoxy) is 1. The van der Waals surface area contributed by atoms with Crippen molar-refractivity contribution in [2.45, 2.75) is 17.7 Å². The monoisotopic (exact) mass is 284 g/mol. The molecule has 104 valence electrons. The number of methoxy groups -OCH3 is 1. The fraction of sp³-hybridized carbons (Fsp3) is 0.417. The largest absolute Gasteiger partial charge is 0.399 e. The third kappa shape index (κ3) is 2.43. The molecule has 6 nitrogen and oxygen atoms in total. The molecule has 0 radical (unpaired) electrons. The zero-order chi connectivity index (χ0) is 14.0. The van der Waals surface area contributed by atoms with Gasteiger partial charge in [0, 0.05) is 25.9 Å². The molecule has 0 atom stereocenters. The molecule has 19 heavy (non-hydrogen) atoms. The molecule has 1 aromatic carbocycles. The summed E-state index contributed by atoms with van der Waals surface area (Å²) in [6.45, 7) is 0.709. The van der Waals surface area contributed by atoms with Gasteiger partial charge in [-0.1, -0.05) is 0 Å². The van der Waals surface area contributed by atoms with Gasteiger partial charge in [0.2, 0.25) is 0 Å². The van der Waals surface area contributed by atoms with Crippen molar-refractivity contribution < 1.29 is 17.9 Å². The molecule has 0 fully saturated rings. The average molecular weight is 284 g/mol. The van der Waals surface area contributed by atoms with Crippen molar-refractivity contribution in [1.82, 2.24) is 4.31 Å². The SMILES string of the molecule is COCCCCN1C(=O)c2cc(N)ccc2S1(=O)=O. The van der Waals surface area contributed by atoms with Gasteiger partial charge >= 0.3 is 0 Å². The number of hydrogen-bond acceptors (Lipinski definition) is 5. The molecule has 1 amide bonds. The quantitative estimate of drug-likeness (QED) is 0.639. The van der Waals surface area contributed by atoms with E-state index in [0.29, 0.717) is 25.1 Å². The second kappa shape index (κ2) is 5.18. The minimum Gasteiger partial charge on any atom is -0.399 e. The first-order valence-electron chi connectivity index (χ1n) is 5.94. The van der Waals surface area contributed by atoms with E-state index in [1.54, 1.807) is 7.11 Å². The van der Waals surface area contributed by atoms with Crippen LogP contribution in [0.2, 0.25) is 0 Å². The summed E-state index contributed by atoms with van der Waals surface area (Å²) in [5, 5.41) is 0. The van der Waals surface area contributed by atoms with Gasteiger partial charge in [-0.05, 0) is 31.0 Å². The molecule has 2 N–H and O–H groups in total.